The molecule has 4 aromatic rings. The molecular weight excluding hydrogens is 539 g/mol. The summed E-state index contributed by atoms with van der Waals surface area (Å²) in [6, 6.07) is 35.3. The van der Waals surface area contributed by atoms with E-state index < -0.39 is 0 Å². The molecule has 0 bridgehead atoms. The Kier molecular flexibility index (Phi) is 10.5. The van der Waals surface area contributed by atoms with Gasteiger partial charge in [0.05, 0.1) is 22.7 Å². The van der Waals surface area contributed by atoms with Gasteiger partial charge in [-0.05, 0) is 81.4 Å². The Hall–Kier alpha value is -2.86. The third-order valence-electron chi connectivity index (χ3n) is 8.00. The first kappa shape index (κ1) is 31.1. The van der Waals surface area contributed by atoms with Crippen LogP contribution in [0.25, 0.3) is 0 Å². The number of benzene rings is 4. The van der Waals surface area contributed by atoms with Gasteiger partial charge in [-0.2, -0.15) is 0 Å². The van der Waals surface area contributed by atoms with Crippen LogP contribution in [0.4, 0.5) is 22.7 Å². The van der Waals surface area contributed by atoms with Crippen LogP contribution >= 0.6 is 23.5 Å². The first-order valence-corrected chi connectivity index (χ1v) is 15.9. The zero-order valence-corrected chi connectivity index (χ0v) is 26.2. The fraction of sp³-hybridized carbons (Fsp3) is 0.333. The molecule has 0 saturated carbocycles. The van der Waals surface area contributed by atoms with Gasteiger partial charge >= 0.3 is 0 Å². The second-order valence-corrected chi connectivity index (χ2v) is 13.5. The molecule has 0 aromatic heterocycles. The van der Waals surface area contributed by atoms with Crippen LogP contribution in [0.3, 0.4) is 0 Å². The molecule has 0 fully saturated rings. The lowest BCUT2D eigenvalue weighted by atomic mass is 9.97. The third-order valence-corrected chi connectivity index (χ3v) is 10.3. The molecule has 0 amide bonds. The van der Waals surface area contributed by atoms with E-state index in [2.05, 4.69) is 154 Å². The lowest BCUT2D eigenvalue weighted by Crippen LogP contribution is -2.37. The van der Waals surface area contributed by atoms with E-state index in [9.17, 15) is 0 Å². The summed E-state index contributed by atoms with van der Waals surface area (Å²) in [6.07, 6.45) is 0. The summed E-state index contributed by atoms with van der Waals surface area (Å²) in [5.74, 6) is 1.36. The Bertz CT molecular complexity index is 1230. The van der Waals surface area contributed by atoms with E-state index in [0.717, 1.165) is 13.1 Å². The molecule has 0 saturated heterocycles. The Balaban J connectivity index is 0.000000184. The van der Waals surface area contributed by atoms with Crippen molar-refractivity contribution in [3.8, 4) is 0 Å². The predicted octanol–water partition coefficient (Wildman–Crippen LogP) is 10.5. The largest absolute Gasteiger partial charge is 0.339 e. The molecule has 3 nitrogen and oxygen atoms in total. The first-order valence-electron chi connectivity index (χ1n) is 14.3. The number of para-hydroxylation sites is 4. The Morgan fingerprint density at radius 1 is 0.537 bits per heavy atom. The second-order valence-electron chi connectivity index (χ2n) is 11.3. The molecule has 0 N–H and O–H groups in total. The topological polar surface area (TPSA) is 9.72 Å². The summed E-state index contributed by atoms with van der Waals surface area (Å²) in [5, 5.41) is 0. The summed E-state index contributed by atoms with van der Waals surface area (Å²) in [4.78, 5) is 12.6. The second kappa shape index (κ2) is 13.9. The van der Waals surface area contributed by atoms with E-state index >= 15 is 0 Å². The maximum atomic E-state index is 2.49. The normalized spacial score (nSPS) is 14.5. The van der Waals surface area contributed by atoms with Crippen LogP contribution < -0.4 is 9.80 Å². The van der Waals surface area contributed by atoms with Gasteiger partial charge in [-0.1, -0.05) is 100 Å². The predicted molar refractivity (Wildman–Crippen MR) is 182 cm³/mol. The maximum Gasteiger partial charge on any atom is 0.0553 e. The smallest absolute Gasteiger partial charge is 0.0553 e. The lowest BCUT2D eigenvalue weighted by molar-refractivity contribution is 0.319. The standard InChI is InChI=1S/C18H21NS.C17H20N2S.CH4/c1-13(2)14(3)12-19-15-8-4-6-10-17(15)20-18-11-7-5-9-16(18)19;1-13(18(2)3)12-19-14-8-4-6-10-16(14)20-17-11-7-5-9-15(17)19;/h4-11,13-14H,12H2,1-3H3;4-11,13H,12H2,1-3H3;1H4. The van der Waals surface area contributed by atoms with E-state index in [1.807, 2.05) is 23.5 Å². The van der Waals surface area contributed by atoms with E-state index in [0.29, 0.717) is 17.9 Å². The molecule has 41 heavy (non-hydrogen) atoms. The quantitative estimate of drug-likeness (QED) is 0.223. The van der Waals surface area contributed by atoms with Crippen molar-refractivity contribution in [2.24, 2.45) is 11.8 Å². The number of rotatable bonds is 6. The molecule has 2 atom stereocenters. The van der Waals surface area contributed by atoms with Gasteiger partial charge in [0.1, 0.15) is 0 Å². The number of hydrogen-bond donors (Lipinski definition) is 0. The fourth-order valence-corrected chi connectivity index (χ4v) is 7.07. The van der Waals surface area contributed by atoms with Crippen molar-refractivity contribution in [2.45, 2.75) is 60.7 Å². The van der Waals surface area contributed by atoms with Crippen LogP contribution in [0.15, 0.2) is 117 Å². The maximum absolute atomic E-state index is 2.49. The minimum absolute atomic E-state index is 0. The average molecular weight is 584 g/mol. The molecule has 5 heteroatoms. The Morgan fingerprint density at radius 3 is 1.17 bits per heavy atom. The summed E-state index contributed by atoms with van der Waals surface area (Å²) in [5.41, 5.74) is 5.35. The number of nitrogens with zero attached hydrogens (tertiary/aromatic N) is 3. The average Bonchev–Trinajstić information content (AvgIpc) is 2.97. The molecule has 0 radical (unpaired) electrons. The minimum atomic E-state index is 0. The van der Waals surface area contributed by atoms with E-state index in [1.165, 1.54) is 42.3 Å². The summed E-state index contributed by atoms with van der Waals surface area (Å²) < 4.78 is 0. The van der Waals surface area contributed by atoms with Gasteiger partial charge in [0.2, 0.25) is 0 Å². The van der Waals surface area contributed by atoms with Gasteiger partial charge in [0.15, 0.2) is 0 Å². The van der Waals surface area contributed by atoms with Crippen molar-refractivity contribution in [3.05, 3.63) is 97.1 Å². The highest BCUT2D eigenvalue weighted by Gasteiger charge is 2.26. The van der Waals surface area contributed by atoms with Crippen molar-refractivity contribution < 1.29 is 0 Å². The molecule has 216 valence electrons. The minimum Gasteiger partial charge on any atom is -0.339 e. The molecule has 6 rings (SSSR count). The van der Waals surface area contributed by atoms with Crippen LogP contribution in [0.2, 0.25) is 0 Å². The number of fused-ring (bicyclic) bond motifs is 4. The molecule has 2 unspecified atom stereocenters. The summed E-state index contributed by atoms with van der Waals surface area (Å²) in [7, 11) is 4.28. The van der Waals surface area contributed by atoms with Crippen LogP contribution in [0.1, 0.15) is 35.1 Å². The van der Waals surface area contributed by atoms with Crippen LogP contribution in [0.5, 0.6) is 0 Å². The van der Waals surface area contributed by atoms with Crippen LogP contribution in [0, 0.1) is 11.8 Å². The number of hydrogen-bond acceptors (Lipinski definition) is 5. The third kappa shape index (κ3) is 6.97. The van der Waals surface area contributed by atoms with Crippen LogP contribution in [-0.4, -0.2) is 38.1 Å². The van der Waals surface area contributed by atoms with E-state index in [-0.39, 0.29) is 7.43 Å². The highest BCUT2D eigenvalue weighted by molar-refractivity contribution is 8.00. The summed E-state index contributed by atoms with van der Waals surface area (Å²) in [6.45, 7) is 11.3. The van der Waals surface area contributed by atoms with Crippen molar-refractivity contribution in [1.29, 1.82) is 0 Å². The van der Waals surface area contributed by atoms with Gasteiger partial charge < -0.3 is 14.7 Å². The lowest BCUT2D eigenvalue weighted by Gasteiger charge is -2.36. The molecule has 2 aliphatic heterocycles. The highest BCUT2D eigenvalue weighted by atomic mass is 32.2. The van der Waals surface area contributed by atoms with Gasteiger partial charge in [-0.25, -0.2) is 0 Å². The van der Waals surface area contributed by atoms with Gasteiger partial charge in [-0.15, -0.1) is 0 Å². The van der Waals surface area contributed by atoms with Crippen molar-refractivity contribution in [1.82, 2.24) is 4.90 Å². The molecule has 0 aliphatic carbocycles. The molecular formula is C36H45N3S2. The SMILES string of the molecule is C.CC(C)C(C)CN1c2ccccc2Sc2ccccc21.CC(CN1c2ccccc2Sc2ccccc21)N(C)C. The Labute approximate surface area is 257 Å². The summed E-state index contributed by atoms with van der Waals surface area (Å²) >= 11 is 3.75. The van der Waals surface area contributed by atoms with Crippen LogP contribution in [-0.2, 0) is 0 Å². The van der Waals surface area contributed by atoms with Crippen molar-refractivity contribution >= 4 is 46.3 Å². The number of anilines is 4. The first-order chi connectivity index (χ1) is 19.3. The zero-order chi connectivity index (χ0) is 28.2. The highest BCUT2D eigenvalue weighted by Crippen LogP contribution is 2.49. The molecule has 4 aromatic carbocycles. The zero-order valence-electron chi connectivity index (χ0n) is 24.5. The fourth-order valence-electron chi connectivity index (χ4n) is 4.88. The monoisotopic (exact) mass is 583 g/mol. The van der Waals surface area contributed by atoms with Gasteiger partial charge in [-0.3, -0.25) is 0 Å². The number of likely N-dealkylation sites (N-methyl/N-ethyl adjacent to an activating group) is 1. The van der Waals surface area contributed by atoms with E-state index in [4.69, 9.17) is 0 Å². The molecule has 0 spiro atoms. The van der Waals surface area contributed by atoms with Crippen molar-refractivity contribution in [3.63, 3.8) is 0 Å². The molecule has 2 aliphatic rings. The van der Waals surface area contributed by atoms with Gasteiger partial charge in [0.25, 0.3) is 0 Å². The Morgan fingerprint density at radius 2 is 0.854 bits per heavy atom. The van der Waals surface area contributed by atoms with E-state index in [1.54, 1.807) is 0 Å². The molecule has 2 heterocycles. The van der Waals surface area contributed by atoms with Crippen molar-refractivity contribution in [2.75, 3.05) is 37.0 Å². The van der Waals surface area contributed by atoms with Gasteiger partial charge in [0, 0.05) is 38.7 Å².